The smallest absolute Gasteiger partial charge is 0.0478 e. The third-order valence-corrected chi connectivity index (χ3v) is 4.49. The molecule has 2 rings (SSSR count). The van der Waals surface area contributed by atoms with Crippen molar-refractivity contribution in [1.82, 2.24) is 0 Å². The van der Waals surface area contributed by atoms with Gasteiger partial charge in [-0.2, -0.15) is 0 Å². The van der Waals surface area contributed by atoms with Crippen molar-refractivity contribution < 1.29 is 0 Å². The van der Waals surface area contributed by atoms with Gasteiger partial charge in [0, 0.05) is 21.2 Å². The van der Waals surface area contributed by atoms with E-state index in [1.165, 1.54) is 10.5 Å². The SMILES string of the molecule is NCC(Sc1ccccc1)c1ccccc1Br. The van der Waals surface area contributed by atoms with Crippen LogP contribution in [0.3, 0.4) is 0 Å². The first kappa shape index (κ1) is 12.7. The predicted molar refractivity (Wildman–Crippen MR) is 78.2 cm³/mol. The Morgan fingerprint density at radius 2 is 1.65 bits per heavy atom. The number of nitrogens with two attached hydrogens (primary N) is 1. The summed E-state index contributed by atoms with van der Waals surface area (Å²) in [5.41, 5.74) is 7.13. The lowest BCUT2D eigenvalue weighted by molar-refractivity contribution is 0.936. The number of thioether (sulfide) groups is 1. The molecule has 0 fully saturated rings. The summed E-state index contributed by atoms with van der Waals surface area (Å²) in [6.45, 7) is 0.627. The van der Waals surface area contributed by atoms with Gasteiger partial charge in [-0.05, 0) is 23.8 Å². The maximum absolute atomic E-state index is 5.88. The molecule has 2 aromatic carbocycles. The van der Waals surface area contributed by atoms with E-state index in [-0.39, 0.29) is 5.25 Å². The molecule has 2 aromatic rings. The zero-order valence-electron chi connectivity index (χ0n) is 9.34. The molecule has 0 bridgehead atoms. The summed E-state index contributed by atoms with van der Waals surface area (Å²) in [4.78, 5) is 1.25. The Balaban J connectivity index is 2.21. The van der Waals surface area contributed by atoms with Gasteiger partial charge in [0.05, 0.1) is 0 Å². The highest BCUT2D eigenvalue weighted by atomic mass is 79.9. The number of hydrogen-bond acceptors (Lipinski definition) is 2. The van der Waals surface area contributed by atoms with E-state index in [0.29, 0.717) is 6.54 Å². The summed E-state index contributed by atoms with van der Waals surface area (Å²) in [5.74, 6) is 0. The van der Waals surface area contributed by atoms with Gasteiger partial charge in [-0.15, -0.1) is 11.8 Å². The third-order valence-electron chi connectivity index (χ3n) is 2.49. The molecular formula is C14H14BrNS. The molecule has 3 heteroatoms. The molecule has 0 radical (unpaired) electrons. The Kier molecular flexibility index (Phi) is 4.66. The number of benzene rings is 2. The molecule has 0 saturated heterocycles. The highest BCUT2D eigenvalue weighted by molar-refractivity contribution is 9.10. The van der Waals surface area contributed by atoms with E-state index < -0.39 is 0 Å². The lowest BCUT2D eigenvalue weighted by Gasteiger charge is -2.16. The highest BCUT2D eigenvalue weighted by Crippen LogP contribution is 2.37. The first-order valence-electron chi connectivity index (χ1n) is 5.47. The van der Waals surface area contributed by atoms with Crippen molar-refractivity contribution in [3.05, 3.63) is 64.6 Å². The van der Waals surface area contributed by atoms with Gasteiger partial charge in [-0.25, -0.2) is 0 Å². The molecule has 0 aromatic heterocycles. The van der Waals surface area contributed by atoms with Crippen LogP contribution in [-0.2, 0) is 0 Å². The van der Waals surface area contributed by atoms with E-state index in [1.807, 2.05) is 18.2 Å². The molecule has 0 aliphatic heterocycles. The highest BCUT2D eigenvalue weighted by Gasteiger charge is 2.13. The molecule has 0 saturated carbocycles. The molecule has 0 aliphatic carbocycles. The molecule has 0 heterocycles. The van der Waals surface area contributed by atoms with Crippen molar-refractivity contribution in [3.63, 3.8) is 0 Å². The molecular weight excluding hydrogens is 294 g/mol. The zero-order valence-corrected chi connectivity index (χ0v) is 11.7. The maximum atomic E-state index is 5.88. The molecule has 0 amide bonds. The van der Waals surface area contributed by atoms with Crippen LogP contribution in [0, 0.1) is 0 Å². The average molecular weight is 308 g/mol. The van der Waals surface area contributed by atoms with Crippen LogP contribution >= 0.6 is 27.7 Å². The van der Waals surface area contributed by atoms with Crippen molar-refractivity contribution in [2.75, 3.05) is 6.54 Å². The molecule has 1 unspecified atom stereocenters. The first-order chi connectivity index (χ1) is 8.31. The van der Waals surface area contributed by atoms with Crippen LogP contribution in [-0.4, -0.2) is 6.54 Å². The normalized spacial score (nSPS) is 12.4. The summed E-state index contributed by atoms with van der Waals surface area (Å²) in [6, 6.07) is 18.6. The van der Waals surface area contributed by atoms with E-state index in [4.69, 9.17) is 5.73 Å². The molecule has 0 spiro atoms. The lowest BCUT2D eigenvalue weighted by Crippen LogP contribution is -2.09. The van der Waals surface area contributed by atoms with Gasteiger partial charge >= 0.3 is 0 Å². The van der Waals surface area contributed by atoms with Gasteiger partial charge in [-0.1, -0.05) is 52.3 Å². The average Bonchev–Trinajstić information content (AvgIpc) is 2.38. The van der Waals surface area contributed by atoms with Crippen LogP contribution in [0.4, 0.5) is 0 Å². The van der Waals surface area contributed by atoms with Crippen LogP contribution in [0.15, 0.2) is 64.0 Å². The minimum atomic E-state index is 0.285. The van der Waals surface area contributed by atoms with Crippen LogP contribution in [0.1, 0.15) is 10.8 Å². The second-order valence-corrected chi connectivity index (χ2v) is 5.81. The largest absolute Gasteiger partial charge is 0.329 e. The van der Waals surface area contributed by atoms with E-state index in [9.17, 15) is 0 Å². The van der Waals surface area contributed by atoms with Crippen LogP contribution in [0.5, 0.6) is 0 Å². The van der Waals surface area contributed by atoms with Gasteiger partial charge in [-0.3, -0.25) is 0 Å². The number of hydrogen-bond donors (Lipinski definition) is 1. The molecule has 88 valence electrons. The van der Waals surface area contributed by atoms with E-state index in [0.717, 1.165) is 4.47 Å². The molecule has 2 N–H and O–H groups in total. The number of halogens is 1. The van der Waals surface area contributed by atoms with Crippen molar-refractivity contribution >= 4 is 27.7 Å². The Morgan fingerprint density at radius 3 is 2.29 bits per heavy atom. The monoisotopic (exact) mass is 307 g/mol. The van der Waals surface area contributed by atoms with Crippen molar-refractivity contribution in [2.45, 2.75) is 10.1 Å². The van der Waals surface area contributed by atoms with Crippen molar-refractivity contribution in [2.24, 2.45) is 5.73 Å². The Labute approximate surface area is 115 Å². The van der Waals surface area contributed by atoms with Crippen LogP contribution in [0.2, 0.25) is 0 Å². The molecule has 0 aliphatic rings. The summed E-state index contributed by atoms with van der Waals surface area (Å²) >= 11 is 5.38. The van der Waals surface area contributed by atoms with Crippen LogP contribution < -0.4 is 5.73 Å². The molecule has 1 atom stereocenters. The minimum absolute atomic E-state index is 0.285. The first-order valence-corrected chi connectivity index (χ1v) is 7.14. The Bertz CT molecular complexity index is 473. The molecule has 1 nitrogen and oxygen atoms in total. The second-order valence-electron chi connectivity index (χ2n) is 3.68. The van der Waals surface area contributed by atoms with Gasteiger partial charge in [0.15, 0.2) is 0 Å². The van der Waals surface area contributed by atoms with E-state index >= 15 is 0 Å². The Hall–Kier alpha value is -0.770. The van der Waals surface area contributed by atoms with Gasteiger partial charge < -0.3 is 5.73 Å². The Morgan fingerprint density at radius 1 is 1.00 bits per heavy atom. The molecule has 17 heavy (non-hydrogen) atoms. The van der Waals surface area contributed by atoms with E-state index in [2.05, 4.69) is 52.3 Å². The fourth-order valence-electron chi connectivity index (χ4n) is 1.64. The van der Waals surface area contributed by atoms with Crippen molar-refractivity contribution in [3.8, 4) is 0 Å². The fraction of sp³-hybridized carbons (Fsp3) is 0.143. The van der Waals surface area contributed by atoms with Gasteiger partial charge in [0.25, 0.3) is 0 Å². The third kappa shape index (κ3) is 3.35. The summed E-state index contributed by atoms with van der Waals surface area (Å²) < 4.78 is 1.12. The minimum Gasteiger partial charge on any atom is -0.329 e. The maximum Gasteiger partial charge on any atom is 0.0478 e. The quantitative estimate of drug-likeness (QED) is 0.855. The summed E-state index contributed by atoms with van der Waals surface area (Å²) in [7, 11) is 0. The number of rotatable bonds is 4. The second kappa shape index (κ2) is 6.24. The lowest BCUT2D eigenvalue weighted by atomic mass is 10.1. The van der Waals surface area contributed by atoms with Gasteiger partial charge in [0.2, 0.25) is 0 Å². The fourth-order valence-corrected chi connectivity index (χ4v) is 3.42. The predicted octanol–water partition coefficient (Wildman–Crippen LogP) is 4.24. The zero-order chi connectivity index (χ0) is 12.1. The summed E-state index contributed by atoms with van der Waals surface area (Å²) in [5, 5.41) is 0.285. The topological polar surface area (TPSA) is 26.0 Å². The van der Waals surface area contributed by atoms with E-state index in [1.54, 1.807) is 11.8 Å². The standard InChI is InChI=1S/C14H14BrNS/c15-13-9-5-4-8-12(13)14(10-16)17-11-6-2-1-3-7-11/h1-9,14H,10,16H2. The summed E-state index contributed by atoms with van der Waals surface area (Å²) in [6.07, 6.45) is 0. The van der Waals surface area contributed by atoms with Gasteiger partial charge in [0.1, 0.15) is 0 Å². The van der Waals surface area contributed by atoms with Crippen LogP contribution in [0.25, 0.3) is 0 Å². The van der Waals surface area contributed by atoms with Crippen molar-refractivity contribution in [1.29, 1.82) is 0 Å².